The molecule has 1 unspecified atom stereocenters. The second-order valence-electron chi connectivity index (χ2n) is 5.16. The predicted molar refractivity (Wildman–Crippen MR) is 68.6 cm³/mol. The van der Waals surface area contributed by atoms with Gasteiger partial charge in [0.25, 0.3) is 0 Å². The Labute approximate surface area is 103 Å². The summed E-state index contributed by atoms with van der Waals surface area (Å²) in [5.74, 6) is 1.87. The van der Waals surface area contributed by atoms with E-state index in [0.29, 0.717) is 11.8 Å². The predicted octanol–water partition coefficient (Wildman–Crippen LogP) is 3.51. The zero-order valence-electron chi connectivity index (χ0n) is 10.8. The first-order valence-corrected chi connectivity index (χ1v) is 6.30. The van der Waals surface area contributed by atoms with E-state index in [0.717, 1.165) is 17.6 Å². The monoisotopic (exact) mass is 232 g/mol. The Kier molecular flexibility index (Phi) is 3.51. The fraction of sp³-hybridized carbons (Fsp3) is 0.533. The van der Waals surface area contributed by atoms with Crippen LogP contribution in [0.5, 0.6) is 5.75 Å². The lowest BCUT2D eigenvalue weighted by Gasteiger charge is -2.16. The lowest BCUT2D eigenvalue weighted by atomic mass is 9.91. The van der Waals surface area contributed by atoms with Crippen LogP contribution in [-0.2, 0) is 4.79 Å². The first kappa shape index (κ1) is 12.2. The molecule has 2 heteroatoms. The molecule has 0 N–H and O–H groups in total. The standard InChI is InChI=1S/C15H20O2/c1-10(2)12-6-7-15(17-3)13(8-12)14(9-16)11-4-5-11/h6-11,14H,4-5H2,1-3H3. The molecule has 0 saturated heterocycles. The van der Waals surface area contributed by atoms with Crippen LogP contribution < -0.4 is 4.74 Å². The van der Waals surface area contributed by atoms with E-state index in [-0.39, 0.29) is 5.92 Å². The average Bonchev–Trinajstić information content (AvgIpc) is 3.14. The maximum absolute atomic E-state index is 11.3. The summed E-state index contributed by atoms with van der Waals surface area (Å²) in [6.07, 6.45) is 3.41. The van der Waals surface area contributed by atoms with Gasteiger partial charge in [0.15, 0.2) is 0 Å². The molecule has 0 spiro atoms. The van der Waals surface area contributed by atoms with Crippen LogP contribution in [0.3, 0.4) is 0 Å². The van der Waals surface area contributed by atoms with Gasteiger partial charge in [-0.25, -0.2) is 0 Å². The van der Waals surface area contributed by atoms with Crippen molar-refractivity contribution in [2.24, 2.45) is 5.92 Å². The number of aldehydes is 1. The van der Waals surface area contributed by atoms with Crippen molar-refractivity contribution in [3.05, 3.63) is 29.3 Å². The van der Waals surface area contributed by atoms with E-state index in [1.165, 1.54) is 18.4 Å². The third kappa shape index (κ3) is 2.51. The van der Waals surface area contributed by atoms with Gasteiger partial charge in [0.05, 0.1) is 7.11 Å². The van der Waals surface area contributed by atoms with Gasteiger partial charge in [0.1, 0.15) is 12.0 Å². The summed E-state index contributed by atoms with van der Waals surface area (Å²) < 4.78 is 5.38. The smallest absolute Gasteiger partial charge is 0.127 e. The molecule has 0 bridgehead atoms. The molecule has 1 fully saturated rings. The number of rotatable bonds is 5. The van der Waals surface area contributed by atoms with E-state index in [9.17, 15) is 4.79 Å². The molecule has 1 aliphatic rings. The largest absolute Gasteiger partial charge is 0.496 e. The number of carbonyl (C=O) groups is 1. The van der Waals surface area contributed by atoms with Crippen molar-refractivity contribution in [2.45, 2.75) is 38.5 Å². The number of ether oxygens (including phenoxy) is 1. The molecule has 92 valence electrons. The Morgan fingerprint density at radius 1 is 1.35 bits per heavy atom. The molecule has 1 aromatic rings. The molecule has 0 heterocycles. The van der Waals surface area contributed by atoms with Gasteiger partial charge in [0.2, 0.25) is 0 Å². The van der Waals surface area contributed by atoms with Gasteiger partial charge in [-0.2, -0.15) is 0 Å². The highest BCUT2D eigenvalue weighted by Crippen LogP contribution is 2.44. The van der Waals surface area contributed by atoms with Crippen molar-refractivity contribution >= 4 is 6.29 Å². The number of benzene rings is 1. The quantitative estimate of drug-likeness (QED) is 0.726. The maximum Gasteiger partial charge on any atom is 0.127 e. The number of methoxy groups -OCH3 is 1. The van der Waals surface area contributed by atoms with Crippen molar-refractivity contribution in [3.8, 4) is 5.75 Å². The minimum atomic E-state index is 0.0173. The van der Waals surface area contributed by atoms with Crippen LogP contribution in [0.2, 0.25) is 0 Å². The third-order valence-corrected chi connectivity index (χ3v) is 3.56. The number of hydrogen-bond acceptors (Lipinski definition) is 2. The van der Waals surface area contributed by atoms with E-state index >= 15 is 0 Å². The van der Waals surface area contributed by atoms with Gasteiger partial charge >= 0.3 is 0 Å². The van der Waals surface area contributed by atoms with Crippen molar-refractivity contribution < 1.29 is 9.53 Å². The Morgan fingerprint density at radius 2 is 2.06 bits per heavy atom. The van der Waals surface area contributed by atoms with Gasteiger partial charge < -0.3 is 9.53 Å². The van der Waals surface area contributed by atoms with Crippen LogP contribution in [0.15, 0.2) is 18.2 Å². The van der Waals surface area contributed by atoms with Gasteiger partial charge in [-0.05, 0) is 36.3 Å². The summed E-state index contributed by atoms with van der Waals surface area (Å²) in [7, 11) is 1.67. The van der Waals surface area contributed by atoms with Gasteiger partial charge in [0, 0.05) is 11.5 Å². The van der Waals surface area contributed by atoms with Gasteiger partial charge in [-0.3, -0.25) is 0 Å². The zero-order chi connectivity index (χ0) is 12.4. The highest BCUT2D eigenvalue weighted by atomic mass is 16.5. The molecule has 2 rings (SSSR count). The van der Waals surface area contributed by atoms with Crippen LogP contribution >= 0.6 is 0 Å². The molecule has 0 amide bonds. The van der Waals surface area contributed by atoms with Crippen LogP contribution in [-0.4, -0.2) is 13.4 Å². The molecule has 1 aliphatic carbocycles. The molecular formula is C15H20O2. The van der Waals surface area contributed by atoms with Crippen molar-refractivity contribution in [1.29, 1.82) is 0 Å². The highest BCUT2D eigenvalue weighted by molar-refractivity contribution is 5.66. The molecule has 0 radical (unpaired) electrons. The molecule has 1 atom stereocenters. The summed E-state index contributed by atoms with van der Waals surface area (Å²) in [4.78, 5) is 11.3. The lowest BCUT2D eigenvalue weighted by Crippen LogP contribution is -2.06. The zero-order valence-corrected chi connectivity index (χ0v) is 10.8. The normalized spacial score (nSPS) is 16.9. The van der Waals surface area contributed by atoms with E-state index in [1.807, 2.05) is 6.07 Å². The second-order valence-corrected chi connectivity index (χ2v) is 5.16. The van der Waals surface area contributed by atoms with Gasteiger partial charge in [-0.15, -0.1) is 0 Å². The lowest BCUT2D eigenvalue weighted by molar-refractivity contribution is -0.109. The van der Waals surface area contributed by atoms with Crippen molar-refractivity contribution in [1.82, 2.24) is 0 Å². The summed E-state index contributed by atoms with van der Waals surface area (Å²) in [6, 6.07) is 6.21. The third-order valence-electron chi connectivity index (χ3n) is 3.56. The van der Waals surface area contributed by atoms with Crippen LogP contribution in [0, 0.1) is 5.92 Å². The number of carbonyl (C=O) groups excluding carboxylic acids is 1. The highest BCUT2D eigenvalue weighted by Gasteiger charge is 2.33. The Hall–Kier alpha value is -1.31. The van der Waals surface area contributed by atoms with Gasteiger partial charge in [-0.1, -0.05) is 26.0 Å². The van der Waals surface area contributed by atoms with E-state index < -0.39 is 0 Å². The second kappa shape index (κ2) is 4.91. The average molecular weight is 232 g/mol. The first-order valence-electron chi connectivity index (χ1n) is 6.30. The summed E-state index contributed by atoms with van der Waals surface area (Å²) in [6.45, 7) is 4.33. The minimum Gasteiger partial charge on any atom is -0.496 e. The van der Waals surface area contributed by atoms with Crippen LogP contribution in [0.25, 0.3) is 0 Å². The fourth-order valence-corrected chi connectivity index (χ4v) is 2.27. The van der Waals surface area contributed by atoms with Crippen molar-refractivity contribution in [2.75, 3.05) is 7.11 Å². The van der Waals surface area contributed by atoms with Crippen LogP contribution in [0.1, 0.15) is 49.7 Å². The Bertz CT molecular complexity index is 405. The Balaban J connectivity index is 2.40. The molecule has 1 saturated carbocycles. The minimum absolute atomic E-state index is 0.0173. The van der Waals surface area contributed by atoms with E-state index in [1.54, 1.807) is 7.11 Å². The molecule has 17 heavy (non-hydrogen) atoms. The maximum atomic E-state index is 11.3. The topological polar surface area (TPSA) is 26.3 Å². The molecular weight excluding hydrogens is 212 g/mol. The molecule has 0 aliphatic heterocycles. The fourth-order valence-electron chi connectivity index (χ4n) is 2.27. The van der Waals surface area contributed by atoms with E-state index in [2.05, 4.69) is 26.0 Å². The summed E-state index contributed by atoms with van der Waals surface area (Å²) >= 11 is 0. The summed E-state index contributed by atoms with van der Waals surface area (Å²) in [5.41, 5.74) is 2.34. The van der Waals surface area contributed by atoms with Crippen molar-refractivity contribution in [3.63, 3.8) is 0 Å². The molecule has 2 nitrogen and oxygen atoms in total. The van der Waals surface area contributed by atoms with Crippen LogP contribution in [0.4, 0.5) is 0 Å². The molecule has 1 aromatic carbocycles. The Morgan fingerprint density at radius 3 is 2.53 bits per heavy atom. The van der Waals surface area contributed by atoms with E-state index in [4.69, 9.17) is 4.74 Å². The molecule has 0 aromatic heterocycles. The summed E-state index contributed by atoms with van der Waals surface area (Å²) in [5, 5.41) is 0. The SMILES string of the molecule is COc1ccc(C(C)C)cc1C(C=O)C1CC1. The number of hydrogen-bond donors (Lipinski definition) is 0. The first-order chi connectivity index (χ1) is 8.17.